The summed E-state index contributed by atoms with van der Waals surface area (Å²) < 4.78 is 13.1. The lowest BCUT2D eigenvalue weighted by molar-refractivity contribution is 0.104. The van der Waals surface area contributed by atoms with Crippen LogP contribution in [0.4, 0.5) is 10.2 Å². The third-order valence-electron chi connectivity index (χ3n) is 3.52. The first-order chi connectivity index (χ1) is 11.1. The maximum absolute atomic E-state index is 13.1. The van der Waals surface area contributed by atoms with E-state index >= 15 is 0 Å². The van der Waals surface area contributed by atoms with Crippen LogP contribution in [0.2, 0.25) is 0 Å². The van der Waals surface area contributed by atoms with E-state index in [2.05, 4.69) is 16.8 Å². The molecule has 3 N–H and O–H groups in total. The molecular weight excluding hydrogens is 293 g/mol. The molecule has 0 aliphatic carbocycles. The third-order valence-corrected chi connectivity index (χ3v) is 3.52. The SMILES string of the molecule is C=Cc1cccc(C(=O)c2c(-c3ccc(F)cc3)n[nH]c2N)c1. The number of nitrogens with two attached hydrogens (primary N) is 1. The summed E-state index contributed by atoms with van der Waals surface area (Å²) in [6.45, 7) is 3.70. The van der Waals surface area contributed by atoms with Crippen LogP contribution in [0.3, 0.4) is 0 Å². The van der Waals surface area contributed by atoms with Gasteiger partial charge in [-0.25, -0.2) is 4.39 Å². The molecular formula is C18H14FN3O. The van der Waals surface area contributed by atoms with Crippen LogP contribution in [0, 0.1) is 5.82 Å². The number of nitrogen functional groups attached to an aromatic ring is 1. The highest BCUT2D eigenvalue weighted by Crippen LogP contribution is 2.28. The van der Waals surface area contributed by atoms with E-state index < -0.39 is 0 Å². The fraction of sp³-hybridized carbons (Fsp3) is 0. The van der Waals surface area contributed by atoms with Crippen molar-refractivity contribution in [3.63, 3.8) is 0 Å². The second kappa shape index (κ2) is 5.88. The molecule has 0 aliphatic heterocycles. The molecule has 0 saturated heterocycles. The van der Waals surface area contributed by atoms with Crippen molar-refractivity contribution in [3.05, 3.63) is 77.6 Å². The smallest absolute Gasteiger partial charge is 0.199 e. The van der Waals surface area contributed by atoms with Crippen LogP contribution in [0.5, 0.6) is 0 Å². The Kier molecular flexibility index (Phi) is 3.76. The number of hydrogen-bond donors (Lipinski definition) is 2. The van der Waals surface area contributed by atoms with Gasteiger partial charge in [-0.1, -0.05) is 30.9 Å². The van der Waals surface area contributed by atoms with Crippen LogP contribution in [0.1, 0.15) is 21.5 Å². The summed E-state index contributed by atoms with van der Waals surface area (Å²) in [4.78, 5) is 12.8. The van der Waals surface area contributed by atoms with Crippen LogP contribution in [-0.2, 0) is 0 Å². The van der Waals surface area contributed by atoms with Crippen molar-refractivity contribution < 1.29 is 9.18 Å². The Bertz CT molecular complexity index is 882. The number of aromatic nitrogens is 2. The van der Waals surface area contributed by atoms with Gasteiger partial charge in [0.1, 0.15) is 17.3 Å². The standard InChI is InChI=1S/C18H14FN3O/c1-2-11-4-3-5-13(10-11)17(23)15-16(21-22-18(15)20)12-6-8-14(19)9-7-12/h2-10H,1H2,(H3,20,21,22). The first kappa shape index (κ1) is 14.7. The van der Waals surface area contributed by atoms with Crippen LogP contribution in [0.25, 0.3) is 17.3 Å². The van der Waals surface area contributed by atoms with E-state index in [4.69, 9.17) is 5.73 Å². The molecule has 2 aromatic carbocycles. The van der Waals surface area contributed by atoms with Gasteiger partial charge < -0.3 is 5.73 Å². The predicted octanol–water partition coefficient (Wildman–Crippen LogP) is 3.67. The Morgan fingerprint density at radius 3 is 2.65 bits per heavy atom. The maximum Gasteiger partial charge on any atom is 0.199 e. The highest BCUT2D eigenvalue weighted by Gasteiger charge is 2.21. The highest BCUT2D eigenvalue weighted by molar-refractivity contribution is 6.15. The lowest BCUT2D eigenvalue weighted by Gasteiger charge is -2.05. The molecule has 0 saturated carbocycles. The molecule has 3 aromatic rings. The minimum Gasteiger partial charge on any atom is -0.383 e. The average molecular weight is 307 g/mol. The number of anilines is 1. The summed E-state index contributed by atoms with van der Waals surface area (Å²) in [6, 6.07) is 12.8. The number of halogens is 1. The van der Waals surface area contributed by atoms with Gasteiger partial charge in [0.25, 0.3) is 0 Å². The zero-order valence-electron chi connectivity index (χ0n) is 12.2. The van der Waals surface area contributed by atoms with E-state index in [0.29, 0.717) is 16.8 Å². The molecule has 0 aliphatic rings. The van der Waals surface area contributed by atoms with Gasteiger partial charge >= 0.3 is 0 Å². The minimum atomic E-state index is -0.358. The summed E-state index contributed by atoms with van der Waals surface area (Å²) in [5.41, 5.74) is 8.49. The van der Waals surface area contributed by atoms with E-state index in [1.54, 1.807) is 36.4 Å². The molecule has 0 amide bonds. The van der Waals surface area contributed by atoms with Gasteiger partial charge in [-0.05, 0) is 35.9 Å². The Morgan fingerprint density at radius 1 is 1.22 bits per heavy atom. The number of aromatic amines is 1. The van der Waals surface area contributed by atoms with Gasteiger partial charge in [-0.3, -0.25) is 9.89 Å². The molecule has 1 aromatic heterocycles. The fourth-order valence-electron chi connectivity index (χ4n) is 2.35. The van der Waals surface area contributed by atoms with Crippen molar-refractivity contribution in [2.75, 3.05) is 5.73 Å². The molecule has 4 nitrogen and oxygen atoms in total. The summed E-state index contributed by atoms with van der Waals surface area (Å²) >= 11 is 0. The fourth-order valence-corrected chi connectivity index (χ4v) is 2.35. The minimum absolute atomic E-state index is 0.179. The summed E-state index contributed by atoms with van der Waals surface area (Å²) in [5.74, 6) is -0.429. The summed E-state index contributed by atoms with van der Waals surface area (Å²) in [5, 5.41) is 6.71. The van der Waals surface area contributed by atoms with Crippen molar-refractivity contribution >= 4 is 17.7 Å². The molecule has 0 spiro atoms. The van der Waals surface area contributed by atoms with Crippen LogP contribution in [0.15, 0.2) is 55.1 Å². The number of H-pyrrole nitrogens is 1. The molecule has 23 heavy (non-hydrogen) atoms. The molecule has 0 fully saturated rings. The maximum atomic E-state index is 13.1. The van der Waals surface area contributed by atoms with E-state index in [-0.39, 0.29) is 23.0 Å². The zero-order valence-corrected chi connectivity index (χ0v) is 12.2. The van der Waals surface area contributed by atoms with E-state index in [0.717, 1.165) is 5.56 Å². The van der Waals surface area contributed by atoms with Crippen LogP contribution >= 0.6 is 0 Å². The monoisotopic (exact) mass is 307 g/mol. The Hall–Kier alpha value is -3.21. The average Bonchev–Trinajstić information content (AvgIpc) is 2.96. The topological polar surface area (TPSA) is 71.8 Å². The van der Waals surface area contributed by atoms with Gasteiger partial charge in [-0.2, -0.15) is 5.10 Å². The molecule has 5 heteroatoms. The number of ketones is 1. The van der Waals surface area contributed by atoms with E-state index in [9.17, 15) is 9.18 Å². The molecule has 114 valence electrons. The summed E-state index contributed by atoms with van der Waals surface area (Å²) in [7, 11) is 0. The van der Waals surface area contributed by atoms with Gasteiger partial charge in [0.15, 0.2) is 5.78 Å². The van der Waals surface area contributed by atoms with Crippen molar-refractivity contribution in [2.24, 2.45) is 0 Å². The van der Waals surface area contributed by atoms with Crippen LogP contribution in [-0.4, -0.2) is 16.0 Å². The van der Waals surface area contributed by atoms with E-state index in [1.165, 1.54) is 12.1 Å². The Balaban J connectivity index is 2.09. The first-order valence-corrected chi connectivity index (χ1v) is 6.97. The zero-order chi connectivity index (χ0) is 16.4. The van der Waals surface area contributed by atoms with Crippen molar-refractivity contribution in [3.8, 4) is 11.3 Å². The summed E-state index contributed by atoms with van der Waals surface area (Å²) in [6.07, 6.45) is 1.66. The highest BCUT2D eigenvalue weighted by atomic mass is 19.1. The number of hydrogen-bond acceptors (Lipinski definition) is 3. The molecule has 3 rings (SSSR count). The number of benzene rings is 2. The predicted molar refractivity (Wildman–Crippen MR) is 88.4 cm³/mol. The molecule has 1 heterocycles. The van der Waals surface area contributed by atoms with Gasteiger partial charge in [0, 0.05) is 11.1 Å². The number of rotatable bonds is 4. The van der Waals surface area contributed by atoms with Gasteiger partial charge in [0.2, 0.25) is 0 Å². The Morgan fingerprint density at radius 2 is 1.96 bits per heavy atom. The van der Waals surface area contributed by atoms with Crippen LogP contribution < -0.4 is 5.73 Å². The second-order valence-corrected chi connectivity index (χ2v) is 5.03. The quantitative estimate of drug-likeness (QED) is 0.722. The van der Waals surface area contributed by atoms with Crippen molar-refractivity contribution in [1.82, 2.24) is 10.2 Å². The molecule has 0 bridgehead atoms. The number of nitrogens with one attached hydrogen (secondary N) is 1. The first-order valence-electron chi connectivity index (χ1n) is 6.97. The van der Waals surface area contributed by atoms with E-state index in [1.807, 2.05) is 6.07 Å². The van der Waals surface area contributed by atoms with Gasteiger partial charge in [-0.15, -0.1) is 0 Å². The second-order valence-electron chi connectivity index (χ2n) is 5.03. The third kappa shape index (κ3) is 2.76. The molecule has 0 atom stereocenters. The molecule has 0 unspecified atom stereocenters. The largest absolute Gasteiger partial charge is 0.383 e. The van der Waals surface area contributed by atoms with Crippen molar-refractivity contribution in [2.45, 2.75) is 0 Å². The Labute approximate surface area is 132 Å². The lowest BCUT2D eigenvalue weighted by Crippen LogP contribution is -2.05. The van der Waals surface area contributed by atoms with Crippen molar-refractivity contribution in [1.29, 1.82) is 0 Å². The molecule has 0 radical (unpaired) electrons. The van der Waals surface area contributed by atoms with Gasteiger partial charge in [0.05, 0.1) is 5.56 Å². The number of nitrogens with zero attached hydrogens (tertiary/aromatic N) is 1. The normalized spacial score (nSPS) is 10.5. The number of carbonyl (C=O) groups is 1. The lowest BCUT2D eigenvalue weighted by atomic mass is 9.98. The number of carbonyl (C=O) groups excluding carboxylic acids is 1.